The number of benzene rings is 2. The smallest absolute Gasteiger partial charge is 0.338 e. The van der Waals surface area contributed by atoms with E-state index in [9.17, 15) is 19.7 Å². The maximum Gasteiger partial charge on any atom is 0.338 e. The van der Waals surface area contributed by atoms with Crippen LogP contribution in [0.15, 0.2) is 42.5 Å². The molecule has 8 nitrogen and oxygen atoms in total. The minimum absolute atomic E-state index is 0.00469. The molecule has 26 heavy (non-hydrogen) atoms. The SMILES string of the molecule is COC(=O)c1cc(C(=O)NCCOc2ccc(C)cc2)cc([N+](=O)[O-])c1. The molecule has 0 aliphatic rings. The molecule has 136 valence electrons. The molecular weight excluding hydrogens is 340 g/mol. The average Bonchev–Trinajstić information content (AvgIpc) is 2.65. The van der Waals surface area contributed by atoms with Crippen molar-refractivity contribution >= 4 is 17.6 Å². The third kappa shape index (κ3) is 5.04. The lowest BCUT2D eigenvalue weighted by molar-refractivity contribution is -0.384. The van der Waals surface area contributed by atoms with Crippen molar-refractivity contribution in [1.29, 1.82) is 0 Å². The van der Waals surface area contributed by atoms with E-state index in [1.54, 1.807) is 0 Å². The van der Waals surface area contributed by atoms with E-state index < -0.39 is 16.8 Å². The van der Waals surface area contributed by atoms with E-state index in [2.05, 4.69) is 10.1 Å². The number of methoxy groups -OCH3 is 1. The van der Waals surface area contributed by atoms with Gasteiger partial charge >= 0.3 is 5.97 Å². The van der Waals surface area contributed by atoms with Crippen molar-refractivity contribution in [1.82, 2.24) is 5.32 Å². The lowest BCUT2D eigenvalue weighted by Crippen LogP contribution is -2.28. The summed E-state index contributed by atoms with van der Waals surface area (Å²) in [5, 5.41) is 13.6. The number of rotatable bonds is 7. The number of hydrogen-bond acceptors (Lipinski definition) is 6. The van der Waals surface area contributed by atoms with Crippen molar-refractivity contribution in [2.45, 2.75) is 6.92 Å². The summed E-state index contributed by atoms with van der Waals surface area (Å²) < 4.78 is 10.0. The van der Waals surface area contributed by atoms with Crippen LogP contribution in [-0.4, -0.2) is 37.1 Å². The second-order valence-electron chi connectivity index (χ2n) is 5.43. The van der Waals surface area contributed by atoms with Crippen LogP contribution in [0, 0.1) is 17.0 Å². The number of carbonyl (C=O) groups excluding carboxylic acids is 2. The highest BCUT2D eigenvalue weighted by molar-refractivity contribution is 5.98. The van der Waals surface area contributed by atoms with Gasteiger partial charge in [-0.2, -0.15) is 0 Å². The number of carbonyl (C=O) groups is 2. The maximum atomic E-state index is 12.2. The first-order chi connectivity index (χ1) is 12.4. The lowest BCUT2D eigenvalue weighted by Gasteiger charge is -2.09. The number of nitrogens with zero attached hydrogens (tertiary/aromatic N) is 1. The Kier molecular flexibility index (Phi) is 6.26. The number of esters is 1. The topological polar surface area (TPSA) is 108 Å². The van der Waals surface area contributed by atoms with E-state index in [1.165, 1.54) is 6.07 Å². The molecule has 0 heterocycles. The zero-order valence-corrected chi connectivity index (χ0v) is 14.4. The number of nitro benzene ring substituents is 1. The monoisotopic (exact) mass is 358 g/mol. The third-order valence-corrected chi connectivity index (χ3v) is 3.49. The summed E-state index contributed by atoms with van der Waals surface area (Å²) >= 11 is 0. The minimum atomic E-state index is -0.759. The van der Waals surface area contributed by atoms with Crippen LogP contribution in [0.2, 0.25) is 0 Å². The summed E-state index contributed by atoms with van der Waals surface area (Å²) in [6, 6.07) is 10.9. The van der Waals surface area contributed by atoms with Gasteiger partial charge in [0, 0.05) is 17.7 Å². The Morgan fingerprint density at radius 1 is 1.12 bits per heavy atom. The summed E-state index contributed by atoms with van der Waals surface area (Å²) in [6.07, 6.45) is 0. The molecule has 0 bridgehead atoms. The lowest BCUT2D eigenvalue weighted by atomic mass is 10.1. The second-order valence-corrected chi connectivity index (χ2v) is 5.43. The molecular formula is C18H18N2O6. The molecule has 0 radical (unpaired) electrons. The molecule has 0 aromatic heterocycles. The number of hydrogen-bond donors (Lipinski definition) is 1. The van der Waals surface area contributed by atoms with Crippen LogP contribution in [0.3, 0.4) is 0 Å². The molecule has 0 aliphatic heterocycles. The number of nitrogens with one attached hydrogen (secondary N) is 1. The van der Waals surface area contributed by atoms with Crippen LogP contribution in [-0.2, 0) is 4.74 Å². The van der Waals surface area contributed by atoms with Crippen LogP contribution in [0.1, 0.15) is 26.3 Å². The predicted molar refractivity (Wildman–Crippen MR) is 93.4 cm³/mol. The molecule has 0 aliphatic carbocycles. The normalized spacial score (nSPS) is 10.1. The van der Waals surface area contributed by atoms with Gasteiger partial charge < -0.3 is 14.8 Å². The van der Waals surface area contributed by atoms with E-state index in [-0.39, 0.29) is 30.0 Å². The number of nitro groups is 1. The van der Waals surface area contributed by atoms with Crippen LogP contribution >= 0.6 is 0 Å². The zero-order chi connectivity index (χ0) is 19.1. The first kappa shape index (κ1) is 18.9. The van der Waals surface area contributed by atoms with Gasteiger partial charge in [0.15, 0.2) is 0 Å². The Balaban J connectivity index is 1.99. The van der Waals surface area contributed by atoms with Gasteiger partial charge in [-0.15, -0.1) is 0 Å². The first-order valence-electron chi connectivity index (χ1n) is 7.76. The zero-order valence-electron chi connectivity index (χ0n) is 14.4. The molecule has 2 aromatic rings. The van der Waals surface area contributed by atoms with Crippen molar-refractivity contribution in [3.8, 4) is 5.75 Å². The van der Waals surface area contributed by atoms with E-state index in [4.69, 9.17) is 4.74 Å². The molecule has 0 atom stereocenters. The predicted octanol–water partition coefficient (Wildman–Crippen LogP) is 2.50. The molecule has 1 amide bonds. The second kappa shape index (κ2) is 8.61. The summed E-state index contributed by atoms with van der Waals surface area (Å²) in [4.78, 5) is 34.1. The highest BCUT2D eigenvalue weighted by Gasteiger charge is 2.18. The molecule has 2 aromatic carbocycles. The number of non-ortho nitro benzene ring substituents is 1. The van der Waals surface area contributed by atoms with Gasteiger partial charge in [-0.3, -0.25) is 14.9 Å². The maximum absolute atomic E-state index is 12.2. The molecule has 8 heteroatoms. The number of ether oxygens (including phenoxy) is 2. The van der Waals surface area contributed by atoms with Crippen molar-refractivity contribution in [2.75, 3.05) is 20.3 Å². The fourth-order valence-corrected chi connectivity index (χ4v) is 2.15. The molecule has 1 N–H and O–H groups in total. The van der Waals surface area contributed by atoms with Gasteiger partial charge in [0.1, 0.15) is 12.4 Å². The molecule has 0 saturated carbocycles. The van der Waals surface area contributed by atoms with E-state index in [1.807, 2.05) is 31.2 Å². The number of aryl methyl sites for hydroxylation is 1. The van der Waals surface area contributed by atoms with Gasteiger partial charge in [0.2, 0.25) is 0 Å². The van der Waals surface area contributed by atoms with Crippen LogP contribution in [0.5, 0.6) is 5.75 Å². The molecule has 0 unspecified atom stereocenters. The van der Waals surface area contributed by atoms with Crippen molar-refractivity contribution in [2.24, 2.45) is 0 Å². The fraction of sp³-hybridized carbons (Fsp3) is 0.222. The summed E-state index contributed by atoms with van der Waals surface area (Å²) in [5.41, 5.74) is 0.671. The van der Waals surface area contributed by atoms with Crippen molar-refractivity contribution < 1.29 is 24.0 Å². The van der Waals surface area contributed by atoms with Gasteiger partial charge in [0.05, 0.1) is 24.1 Å². The fourth-order valence-electron chi connectivity index (χ4n) is 2.15. The molecule has 0 saturated heterocycles. The van der Waals surface area contributed by atoms with Crippen molar-refractivity contribution in [3.63, 3.8) is 0 Å². The summed E-state index contributed by atoms with van der Waals surface area (Å²) in [6.45, 7) is 2.39. The van der Waals surface area contributed by atoms with Crippen LogP contribution in [0.25, 0.3) is 0 Å². The van der Waals surface area contributed by atoms with Gasteiger partial charge in [-0.05, 0) is 25.1 Å². The van der Waals surface area contributed by atoms with Gasteiger partial charge in [0.25, 0.3) is 11.6 Å². The summed E-state index contributed by atoms with van der Waals surface area (Å²) in [7, 11) is 1.16. The van der Waals surface area contributed by atoms with Gasteiger partial charge in [-0.25, -0.2) is 4.79 Å². The number of amides is 1. The minimum Gasteiger partial charge on any atom is -0.492 e. The Bertz CT molecular complexity index is 817. The largest absolute Gasteiger partial charge is 0.492 e. The van der Waals surface area contributed by atoms with E-state index >= 15 is 0 Å². The highest BCUT2D eigenvalue weighted by atomic mass is 16.6. The Morgan fingerprint density at radius 3 is 2.38 bits per heavy atom. The Hall–Kier alpha value is -3.42. The molecule has 0 spiro atoms. The van der Waals surface area contributed by atoms with Crippen molar-refractivity contribution in [3.05, 3.63) is 69.3 Å². The van der Waals surface area contributed by atoms with E-state index in [0.717, 1.165) is 24.8 Å². The van der Waals surface area contributed by atoms with Crippen LogP contribution in [0.4, 0.5) is 5.69 Å². The Labute approximate surface area is 149 Å². The van der Waals surface area contributed by atoms with Crippen LogP contribution < -0.4 is 10.1 Å². The third-order valence-electron chi connectivity index (χ3n) is 3.49. The van der Waals surface area contributed by atoms with Gasteiger partial charge in [-0.1, -0.05) is 17.7 Å². The highest BCUT2D eigenvalue weighted by Crippen LogP contribution is 2.18. The summed E-state index contributed by atoms with van der Waals surface area (Å²) in [5.74, 6) is -0.634. The standard InChI is InChI=1S/C18H18N2O6/c1-12-3-5-16(6-4-12)26-8-7-19-17(21)13-9-14(18(22)25-2)11-15(10-13)20(23)24/h3-6,9-11H,7-8H2,1-2H3,(H,19,21). The Morgan fingerprint density at radius 2 is 1.77 bits per heavy atom. The molecule has 2 rings (SSSR count). The molecule has 0 fully saturated rings. The first-order valence-corrected chi connectivity index (χ1v) is 7.76. The van der Waals surface area contributed by atoms with E-state index in [0.29, 0.717) is 5.75 Å². The quantitative estimate of drug-likeness (QED) is 0.353. The average molecular weight is 358 g/mol.